The van der Waals surface area contributed by atoms with Crippen molar-refractivity contribution < 1.29 is 9.59 Å². The Bertz CT molecular complexity index is 599. The number of anilines is 1. The molecule has 20 heavy (non-hydrogen) atoms. The Morgan fingerprint density at radius 2 is 1.70 bits per heavy atom. The highest BCUT2D eigenvalue weighted by molar-refractivity contribution is 6.32. The monoisotopic (exact) mass is 289 g/mol. The Morgan fingerprint density at radius 3 is 2.25 bits per heavy atom. The molecule has 1 heterocycles. The SMILES string of the molecule is Cc1ccc(N2C(=O)C3C4CCC(C4)C3C2=O)cc1Cl. The van der Waals surface area contributed by atoms with Gasteiger partial charge in [-0.1, -0.05) is 17.7 Å². The number of halogens is 1. The van der Waals surface area contributed by atoms with Crippen molar-refractivity contribution in [3.05, 3.63) is 28.8 Å². The van der Waals surface area contributed by atoms with Crippen LogP contribution in [-0.2, 0) is 9.59 Å². The van der Waals surface area contributed by atoms with Gasteiger partial charge in [0.1, 0.15) is 0 Å². The van der Waals surface area contributed by atoms with Gasteiger partial charge in [-0.05, 0) is 55.7 Å². The van der Waals surface area contributed by atoms with E-state index in [1.54, 1.807) is 6.07 Å². The topological polar surface area (TPSA) is 37.4 Å². The molecule has 0 aromatic heterocycles. The van der Waals surface area contributed by atoms with E-state index in [4.69, 9.17) is 11.6 Å². The molecular weight excluding hydrogens is 274 g/mol. The van der Waals surface area contributed by atoms with Crippen molar-refractivity contribution in [1.82, 2.24) is 0 Å². The van der Waals surface area contributed by atoms with Gasteiger partial charge >= 0.3 is 0 Å². The third-order valence-electron chi connectivity index (χ3n) is 5.34. The van der Waals surface area contributed by atoms with Crippen LogP contribution in [0.5, 0.6) is 0 Å². The van der Waals surface area contributed by atoms with E-state index in [9.17, 15) is 9.59 Å². The van der Waals surface area contributed by atoms with Crippen molar-refractivity contribution in [1.29, 1.82) is 0 Å². The van der Waals surface area contributed by atoms with Gasteiger partial charge in [0.25, 0.3) is 0 Å². The van der Waals surface area contributed by atoms with Crippen LogP contribution in [0.3, 0.4) is 0 Å². The van der Waals surface area contributed by atoms with Crippen LogP contribution in [0.15, 0.2) is 18.2 Å². The molecule has 0 spiro atoms. The fourth-order valence-electron chi connectivity index (χ4n) is 4.38. The molecular formula is C16H16ClNO2. The predicted octanol–water partition coefficient (Wildman–Crippen LogP) is 3.18. The zero-order valence-electron chi connectivity index (χ0n) is 11.3. The summed E-state index contributed by atoms with van der Waals surface area (Å²) in [6.45, 7) is 1.91. The van der Waals surface area contributed by atoms with Crippen LogP contribution >= 0.6 is 11.6 Å². The summed E-state index contributed by atoms with van der Waals surface area (Å²) in [5.74, 6) is 0.696. The molecule has 2 aliphatic carbocycles. The van der Waals surface area contributed by atoms with Crippen molar-refractivity contribution in [2.45, 2.75) is 26.2 Å². The molecule has 4 atom stereocenters. The van der Waals surface area contributed by atoms with Gasteiger partial charge in [0, 0.05) is 5.02 Å². The second-order valence-electron chi connectivity index (χ2n) is 6.33. The molecule has 1 saturated heterocycles. The van der Waals surface area contributed by atoms with Crippen molar-refractivity contribution in [3.8, 4) is 0 Å². The van der Waals surface area contributed by atoms with E-state index in [0.717, 1.165) is 24.8 Å². The van der Waals surface area contributed by atoms with Crippen LogP contribution in [0.1, 0.15) is 24.8 Å². The Morgan fingerprint density at radius 1 is 1.10 bits per heavy atom. The average Bonchev–Trinajstić information content (AvgIpc) is 3.08. The van der Waals surface area contributed by atoms with Crippen LogP contribution in [0.4, 0.5) is 5.69 Å². The molecule has 2 amide bonds. The van der Waals surface area contributed by atoms with Gasteiger partial charge in [-0.2, -0.15) is 0 Å². The Hall–Kier alpha value is -1.35. The molecule has 4 unspecified atom stereocenters. The molecule has 3 fully saturated rings. The summed E-state index contributed by atoms with van der Waals surface area (Å²) in [4.78, 5) is 26.7. The van der Waals surface area contributed by atoms with Crippen LogP contribution in [0, 0.1) is 30.6 Å². The number of carbonyl (C=O) groups excluding carboxylic acids is 2. The first kappa shape index (κ1) is 12.4. The number of imide groups is 1. The summed E-state index contributed by atoms with van der Waals surface area (Å²) in [5, 5.41) is 0.600. The van der Waals surface area contributed by atoms with Crippen molar-refractivity contribution in [2.75, 3.05) is 4.90 Å². The molecule has 1 aromatic carbocycles. The van der Waals surface area contributed by atoms with Crippen molar-refractivity contribution >= 4 is 29.1 Å². The number of nitrogens with zero attached hydrogens (tertiary/aromatic N) is 1. The third kappa shape index (κ3) is 1.47. The standard InChI is InChI=1S/C16H16ClNO2/c1-8-2-5-11(7-12(8)17)18-15(19)13-9-3-4-10(6-9)14(13)16(18)20/h2,5,7,9-10,13-14H,3-4,6H2,1H3. The highest BCUT2D eigenvalue weighted by Crippen LogP contribution is 2.56. The predicted molar refractivity (Wildman–Crippen MR) is 76.5 cm³/mol. The molecule has 104 valence electrons. The molecule has 1 aliphatic heterocycles. The molecule has 0 N–H and O–H groups in total. The highest BCUT2D eigenvalue weighted by atomic mass is 35.5. The minimum Gasteiger partial charge on any atom is -0.274 e. The number of hydrogen-bond acceptors (Lipinski definition) is 2. The summed E-state index contributed by atoms with van der Waals surface area (Å²) in [5.41, 5.74) is 1.58. The lowest BCUT2D eigenvalue weighted by Gasteiger charge is -2.19. The normalized spacial score (nSPS) is 35.0. The van der Waals surface area contributed by atoms with Crippen LogP contribution in [0.25, 0.3) is 0 Å². The summed E-state index contributed by atoms with van der Waals surface area (Å²) < 4.78 is 0. The Labute approximate surface area is 122 Å². The maximum atomic E-state index is 12.6. The number of benzene rings is 1. The summed E-state index contributed by atoms with van der Waals surface area (Å²) in [7, 11) is 0. The quantitative estimate of drug-likeness (QED) is 0.745. The van der Waals surface area contributed by atoms with Gasteiger partial charge in [-0.3, -0.25) is 9.59 Å². The number of fused-ring (bicyclic) bond motifs is 5. The third-order valence-corrected chi connectivity index (χ3v) is 5.75. The van der Waals surface area contributed by atoms with Gasteiger partial charge in [0.05, 0.1) is 17.5 Å². The van der Waals surface area contributed by atoms with Gasteiger partial charge < -0.3 is 0 Å². The highest BCUT2D eigenvalue weighted by Gasteiger charge is 2.61. The first-order valence-electron chi connectivity index (χ1n) is 7.22. The summed E-state index contributed by atoms with van der Waals surface area (Å²) in [6.07, 6.45) is 3.27. The molecule has 2 bridgehead atoms. The number of hydrogen-bond donors (Lipinski definition) is 0. The molecule has 1 aromatic rings. The zero-order valence-corrected chi connectivity index (χ0v) is 12.1. The average molecular weight is 290 g/mol. The zero-order chi connectivity index (χ0) is 14.0. The largest absolute Gasteiger partial charge is 0.274 e. The number of amides is 2. The van der Waals surface area contributed by atoms with Gasteiger partial charge in [-0.15, -0.1) is 0 Å². The minimum atomic E-state index is -0.0682. The van der Waals surface area contributed by atoms with E-state index in [1.807, 2.05) is 19.1 Å². The minimum absolute atomic E-state index is 0.00730. The first-order valence-corrected chi connectivity index (χ1v) is 7.59. The first-order chi connectivity index (χ1) is 9.58. The smallest absolute Gasteiger partial charge is 0.237 e. The molecule has 4 heteroatoms. The van der Waals surface area contributed by atoms with E-state index in [0.29, 0.717) is 22.5 Å². The molecule has 4 rings (SSSR count). The molecule has 3 aliphatic rings. The molecule has 0 radical (unpaired) electrons. The maximum Gasteiger partial charge on any atom is 0.237 e. The van der Waals surface area contributed by atoms with E-state index < -0.39 is 0 Å². The maximum absolute atomic E-state index is 12.6. The van der Waals surface area contributed by atoms with Crippen molar-refractivity contribution in [2.24, 2.45) is 23.7 Å². The van der Waals surface area contributed by atoms with Gasteiger partial charge in [-0.25, -0.2) is 4.90 Å². The summed E-state index contributed by atoms with van der Waals surface area (Å²) >= 11 is 6.13. The molecule has 2 saturated carbocycles. The second-order valence-corrected chi connectivity index (χ2v) is 6.74. The lowest BCUT2D eigenvalue weighted by atomic mass is 9.81. The fourth-order valence-corrected chi connectivity index (χ4v) is 4.56. The van der Waals surface area contributed by atoms with Gasteiger partial charge in [0.15, 0.2) is 0 Å². The van der Waals surface area contributed by atoms with E-state index in [2.05, 4.69) is 0 Å². The van der Waals surface area contributed by atoms with E-state index in [-0.39, 0.29) is 23.7 Å². The Kier molecular flexibility index (Phi) is 2.53. The van der Waals surface area contributed by atoms with E-state index >= 15 is 0 Å². The molecule has 3 nitrogen and oxygen atoms in total. The van der Waals surface area contributed by atoms with E-state index in [1.165, 1.54) is 4.90 Å². The van der Waals surface area contributed by atoms with Crippen LogP contribution < -0.4 is 4.90 Å². The van der Waals surface area contributed by atoms with Crippen molar-refractivity contribution in [3.63, 3.8) is 0 Å². The van der Waals surface area contributed by atoms with Gasteiger partial charge in [0.2, 0.25) is 11.8 Å². The summed E-state index contributed by atoms with van der Waals surface area (Å²) in [6, 6.07) is 5.41. The lowest BCUT2D eigenvalue weighted by Crippen LogP contribution is -2.32. The van der Waals surface area contributed by atoms with Crippen LogP contribution in [-0.4, -0.2) is 11.8 Å². The number of carbonyl (C=O) groups is 2. The Balaban J connectivity index is 1.74. The number of rotatable bonds is 1. The van der Waals surface area contributed by atoms with Crippen LogP contribution in [0.2, 0.25) is 5.02 Å². The number of aryl methyl sites for hydroxylation is 1. The fraction of sp³-hybridized carbons (Fsp3) is 0.500. The second kappa shape index (κ2) is 4.08. The lowest BCUT2D eigenvalue weighted by molar-refractivity contribution is -0.123.